The van der Waals surface area contributed by atoms with Gasteiger partial charge in [-0.2, -0.15) is 0 Å². The van der Waals surface area contributed by atoms with E-state index >= 15 is 0 Å². The SMILES string of the molecule is Cc1cc(CN(C)c2cccc(-c3csc(NCCCNCN)n3)n2)ccn1. The molecule has 3 heterocycles. The first-order valence-electron chi connectivity index (χ1n) is 9.36. The predicted molar refractivity (Wildman–Crippen MR) is 117 cm³/mol. The van der Waals surface area contributed by atoms with E-state index in [9.17, 15) is 0 Å². The van der Waals surface area contributed by atoms with Gasteiger partial charge in [-0.05, 0) is 49.7 Å². The van der Waals surface area contributed by atoms with Crippen LogP contribution < -0.4 is 21.3 Å². The Morgan fingerprint density at radius 1 is 1.14 bits per heavy atom. The van der Waals surface area contributed by atoms with E-state index in [0.29, 0.717) is 6.67 Å². The second-order valence-corrected chi connectivity index (χ2v) is 7.42. The Morgan fingerprint density at radius 2 is 2.04 bits per heavy atom. The largest absolute Gasteiger partial charge is 0.361 e. The Bertz CT molecular complexity index is 880. The molecule has 0 saturated heterocycles. The molecule has 0 bridgehead atoms. The molecule has 0 radical (unpaired) electrons. The summed E-state index contributed by atoms with van der Waals surface area (Å²) in [5, 5.41) is 9.41. The lowest BCUT2D eigenvalue weighted by Gasteiger charge is -2.18. The molecule has 0 spiro atoms. The van der Waals surface area contributed by atoms with Gasteiger partial charge in [-0.1, -0.05) is 6.07 Å². The van der Waals surface area contributed by atoms with Crippen molar-refractivity contribution >= 4 is 22.3 Å². The van der Waals surface area contributed by atoms with Crippen molar-refractivity contribution in [3.63, 3.8) is 0 Å². The highest BCUT2D eigenvalue weighted by Gasteiger charge is 2.09. The van der Waals surface area contributed by atoms with Gasteiger partial charge in [0, 0.05) is 44.1 Å². The number of hydrogen-bond acceptors (Lipinski definition) is 8. The molecule has 0 aliphatic heterocycles. The first-order chi connectivity index (χ1) is 13.7. The molecule has 0 amide bonds. The Morgan fingerprint density at radius 3 is 2.86 bits per heavy atom. The zero-order valence-corrected chi connectivity index (χ0v) is 17.2. The topological polar surface area (TPSA) is 92.0 Å². The molecule has 7 nitrogen and oxygen atoms in total. The first-order valence-corrected chi connectivity index (χ1v) is 10.2. The normalized spacial score (nSPS) is 10.8. The molecule has 0 unspecified atom stereocenters. The molecule has 4 N–H and O–H groups in total. The standard InChI is InChI=1S/C20H27N7S/c1-15-11-16(7-10-23-15)12-27(2)19-6-3-5-17(25-19)18-13-28-20(26-18)24-9-4-8-22-14-21/h3,5-7,10-11,13,22H,4,8-9,12,14,21H2,1-2H3,(H,24,26). The van der Waals surface area contributed by atoms with Crippen LogP contribution in [0.3, 0.4) is 0 Å². The molecule has 0 aliphatic rings. The third-order valence-electron chi connectivity index (χ3n) is 4.22. The van der Waals surface area contributed by atoms with E-state index in [1.54, 1.807) is 11.3 Å². The second kappa shape index (κ2) is 10.1. The summed E-state index contributed by atoms with van der Waals surface area (Å²) in [4.78, 5) is 15.9. The van der Waals surface area contributed by atoms with E-state index in [0.717, 1.165) is 54.1 Å². The fraction of sp³-hybridized carbons (Fsp3) is 0.350. The highest BCUT2D eigenvalue weighted by Crippen LogP contribution is 2.25. The minimum atomic E-state index is 0.513. The maximum atomic E-state index is 5.42. The van der Waals surface area contributed by atoms with Crippen molar-refractivity contribution in [2.45, 2.75) is 19.9 Å². The Hall–Kier alpha value is -2.55. The van der Waals surface area contributed by atoms with Crippen molar-refractivity contribution in [3.05, 3.63) is 53.2 Å². The average Bonchev–Trinajstić information content (AvgIpc) is 3.17. The van der Waals surface area contributed by atoms with Crippen LogP contribution in [0.25, 0.3) is 11.4 Å². The summed E-state index contributed by atoms with van der Waals surface area (Å²) in [5.41, 5.74) is 9.42. The van der Waals surface area contributed by atoms with E-state index in [-0.39, 0.29) is 0 Å². The summed E-state index contributed by atoms with van der Waals surface area (Å²) in [7, 11) is 2.05. The van der Waals surface area contributed by atoms with Crippen LogP contribution in [0.4, 0.5) is 10.9 Å². The van der Waals surface area contributed by atoms with Crippen molar-refractivity contribution in [3.8, 4) is 11.4 Å². The maximum Gasteiger partial charge on any atom is 0.183 e. The molecule has 8 heteroatoms. The predicted octanol–water partition coefficient (Wildman–Crippen LogP) is 2.85. The van der Waals surface area contributed by atoms with Crippen LogP contribution in [0, 0.1) is 6.92 Å². The van der Waals surface area contributed by atoms with Gasteiger partial charge in [0.2, 0.25) is 0 Å². The van der Waals surface area contributed by atoms with Gasteiger partial charge in [-0.3, -0.25) is 4.98 Å². The number of nitrogens with zero attached hydrogens (tertiary/aromatic N) is 4. The highest BCUT2D eigenvalue weighted by atomic mass is 32.1. The number of hydrogen-bond donors (Lipinski definition) is 3. The van der Waals surface area contributed by atoms with Gasteiger partial charge < -0.3 is 21.3 Å². The van der Waals surface area contributed by atoms with Crippen molar-refractivity contribution in [2.75, 3.05) is 37.0 Å². The number of aromatic nitrogens is 3. The van der Waals surface area contributed by atoms with E-state index in [2.05, 4.69) is 31.6 Å². The van der Waals surface area contributed by atoms with Crippen LogP contribution >= 0.6 is 11.3 Å². The van der Waals surface area contributed by atoms with Gasteiger partial charge in [0.1, 0.15) is 11.5 Å². The van der Waals surface area contributed by atoms with Gasteiger partial charge in [0.05, 0.1) is 5.69 Å². The van der Waals surface area contributed by atoms with Gasteiger partial charge >= 0.3 is 0 Å². The highest BCUT2D eigenvalue weighted by molar-refractivity contribution is 7.14. The molecule has 0 fully saturated rings. The van der Waals surface area contributed by atoms with Crippen molar-refractivity contribution in [1.29, 1.82) is 0 Å². The summed E-state index contributed by atoms with van der Waals surface area (Å²) >= 11 is 1.60. The zero-order chi connectivity index (χ0) is 19.8. The number of rotatable bonds is 10. The average molecular weight is 398 g/mol. The number of anilines is 2. The van der Waals surface area contributed by atoms with Crippen LogP contribution in [0.15, 0.2) is 41.9 Å². The van der Waals surface area contributed by atoms with Crippen molar-refractivity contribution in [2.24, 2.45) is 5.73 Å². The Balaban J connectivity index is 1.63. The Labute approximate surface area is 170 Å². The van der Waals surface area contributed by atoms with E-state index in [1.807, 2.05) is 49.8 Å². The number of nitrogens with one attached hydrogen (secondary N) is 2. The summed E-state index contributed by atoms with van der Waals surface area (Å²) in [6, 6.07) is 10.2. The third-order valence-corrected chi connectivity index (χ3v) is 5.02. The lowest BCUT2D eigenvalue weighted by molar-refractivity contribution is 0.676. The maximum absolute atomic E-state index is 5.42. The molecule has 148 valence electrons. The van der Waals surface area contributed by atoms with Gasteiger partial charge in [-0.25, -0.2) is 9.97 Å². The molecular weight excluding hydrogens is 370 g/mol. The molecule has 3 rings (SSSR count). The quantitative estimate of drug-likeness (QED) is 0.358. The molecule has 0 aliphatic carbocycles. The van der Waals surface area contributed by atoms with E-state index in [4.69, 9.17) is 10.7 Å². The van der Waals surface area contributed by atoms with Crippen molar-refractivity contribution < 1.29 is 0 Å². The molecule has 0 saturated carbocycles. The van der Waals surface area contributed by atoms with Crippen molar-refractivity contribution in [1.82, 2.24) is 20.3 Å². The molecule has 28 heavy (non-hydrogen) atoms. The van der Waals surface area contributed by atoms with Crippen LogP contribution in [-0.2, 0) is 6.54 Å². The summed E-state index contributed by atoms with van der Waals surface area (Å²) in [5.74, 6) is 0.919. The monoisotopic (exact) mass is 397 g/mol. The third kappa shape index (κ3) is 5.72. The molecule has 3 aromatic rings. The lowest BCUT2D eigenvalue weighted by atomic mass is 10.2. The fourth-order valence-corrected chi connectivity index (χ4v) is 3.55. The smallest absolute Gasteiger partial charge is 0.183 e. The first kappa shape index (κ1) is 20.2. The van der Waals surface area contributed by atoms with Crippen LogP contribution in [0.2, 0.25) is 0 Å². The van der Waals surface area contributed by atoms with Crippen LogP contribution in [0.1, 0.15) is 17.7 Å². The van der Waals surface area contributed by atoms with Gasteiger partial charge in [0.15, 0.2) is 5.13 Å². The Kier molecular flexibility index (Phi) is 7.30. The van der Waals surface area contributed by atoms with Crippen LogP contribution in [0.5, 0.6) is 0 Å². The second-order valence-electron chi connectivity index (χ2n) is 6.56. The lowest BCUT2D eigenvalue weighted by Crippen LogP contribution is -2.24. The molecule has 3 aromatic heterocycles. The summed E-state index contributed by atoms with van der Waals surface area (Å²) in [6.07, 6.45) is 2.84. The van der Waals surface area contributed by atoms with E-state index in [1.165, 1.54) is 5.56 Å². The van der Waals surface area contributed by atoms with Gasteiger partial charge in [-0.15, -0.1) is 11.3 Å². The number of pyridine rings is 2. The number of thiazole rings is 1. The molecule has 0 atom stereocenters. The summed E-state index contributed by atoms with van der Waals surface area (Å²) in [6.45, 7) is 5.06. The summed E-state index contributed by atoms with van der Waals surface area (Å²) < 4.78 is 0. The van der Waals surface area contributed by atoms with Gasteiger partial charge in [0.25, 0.3) is 0 Å². The minimum absolute atomic E-state index is 0.513. The minimum Gasteiger partial charge on any atom is -0.361 e. The number of nitrogens with two attached hydrogens (primary N) is 1. The fourth-order valence-electron chi connectivity index (χ4n) is 2.82. The van der Waals surface area contributed by atoms with E-state index < -0.39 is 0 Å². The molecule has 0 aromatic carbocycles. The zero-order valence-electron chi connectivity index (χ0n) is 16.4. The van der Waals surface area contributed by atoms with Crippen LogP contribution in [-0.4, -0.2) is 41.8 Å². The molecular formula is C20H27N7S. The number of aryl methyl sites for hydroxylation is 1.